The van der Waals surface area contributed by atoms with Crippen LogP contribution in [0.1, 0.15) is 69.8 Å². The van der Waals surface area contributed by atoms with Gasteiger partial charge in [-0.05, 0) is 31.1 Å². The first-order chi connectivity index (χ1) is 15.8. The molecule has 3 rings (SSSR count). The lowest BCUT2D eigenvalue weighted by atomic mass is 9.75. The van der Waals surface area contributed by atoms with Crippen LogP contribution in [0.3, 0.4) is 0 Å². The smallest absolute Gasteiger partial charge is 0.331 e. The maximum Gasteiger partial charge on any atom is 0.331 e. The summed E-state index contributed by atoms with van der Waals surface area (Å²) < 4.78 is 17.0. The maximum atomic E-state index is 13.0. The Balaban J connectivity index is 1.76. The van der Waals surface area contributed by atoms with Crippen molar-refractivity contribution >= 4 is 11.9 Å². The molecule has 1 aliphatic carbocycles. The Labute approximate surface area is 196 Å². The number of carbonyl (C=O) groups excluding carboxylic acids is 2. The Morgan fingerprint density at radius 1 is 1.30 bits per heavy atom. The van der Waals surface area contributed by atoms with Gasteiger partial charge in [0, 0.05) is 24.8 Å². The molecule has 2 fully saturated rings. The van der Waals surface area contributed by atoms with E-state index in [-0.39, 0.29) is 35.8 Å². The third-order valence-electron chi connectivity index (χ3n) is 6.98. The Morgan fingerprint density at radius 2 is 2.03 bits per heavy atom. The van der Waals surface area contributed by atoms with Gasteiger partial charge in [0.15, 0.2) is 23.2 Å². The van der Waals surface area contributed by atoms with E-state index in [2.05, 4.69) is 24.1 Å². The zero-order valence-electron chi connectivity index (χ0n) is 20.2. The summed E-state index contributed by atoms with van der Waals surface area (Å²) in [6.45, 7) is 6.96. The second-order valence-corrected chi connectivity index (χ2v) is 9.77. The summed E-state index contributed by atoms with van der Waals surface area (Å²) in [5, 5.41) is 12.9. The van der Waals surface area contributed by atoms with Crippen LogP contribution in [0.25, 0.3) is 0 Å². The largest absolute Gasteiger partial charge is 0.503 e. The molecule has 33 heavy (non-hydrogen) atoms. The summed E-state index contributed by atoms with van der Waals surface area (Å²) in [5.74, 6) is 0.207. The standard InChI is InChI=1S/C25H38N2O6/c1-15(2)9-10-18-13-32-14-19(25(30)33-16(3)21(18)17-7-5-6-8-17)27-24(29)22-23(28)20(31-4)11-12-26-22/h11-12,15-19,21,28H,5-10,13-14H2,1-4H3,(H,27,29)/t16-,18-,19-,21+/m0/s1. The molecule has 4 atom stereocenters. The number of amides is 1. The number of aromatic nitrogens is 1. The zero-order chi connectivity index (χ0) is 24.0. The number of hydrogen-bond acceptors (Lipinski definition) is 7. The normalized spacial score (nSPS) is 26.9. The fraction of sp³-hybridized carbons (Fsp3) is 0.720. The lowest BCUT2D eigenvalue weighted by Gasteiger charge is -2.35. The minimum Gasteiger partial charge on any atom is -0.503 e. The molecule has 2 N–H and O–H groups in total. The molecule has 0 aromatic carbocycles. The third kappa shape index (κ3) is 6.37. The van der Waals surface area contributed by atoms with E-state index in [1.807, 2.05) is 6.92 Å². The van der Waals surface area contributed by atoms with E-state index >= 15 is 0 Å². The highest BCUT2D eigenvalue weighted by Crippen LogP contribution is 2.40. The van der Waals surface area contributed by atoms with Crippen LogP contribution in [0.2, 0.25) is 0 Å². The lowest BCUT2D eigenvalue weighted by molar-refractivity contribution is -0.155. The number of rotatable bonds is 7. The third-order valence-corrected chi connectivity index (χ3v) is 6.98. The van der Waals surface area contributed by atoms with Crippen molar-refractivity contribution in [2.45, 2.75) is 71.4 Å². The molecule has 184 valence electrons. The van der Waals surface area contributed by atoms with Gasteiger partial charge >= 0.3 is 5.97 Å². The number of nitrogens with one attached hydrogen (secondary N) is 1. The fourth-order valence-corrected chi connectivity index (χ4v) is 5.27. The Kier molecular flexibility index (Phi) is 8.95. The lowest BCUT2D eigenvalue weighted by Crippen LogP contribution is -2.46. The van der Waals surface area contributed by atoms with Gasteiger partial charge in [-0.25, -0.2) is 9.78 Å². The van der Waals surface area contributed by atoms with E-state index in [0.717, 1.165) is 25.7 Å². The van der Waals surface area contributed by atoms with Crippen molar-refractivity contribution in [3.8, 4) is 11.5 Å². The monoisotopic (exact) mass is 462 g/mol. The Bertz CT molecular complexity index is 808. The second-order valence-electron chi connectivity index (χ2n) is 9.77. The predicted molar refractivity (Wildman–Crippen MR) is 123 cm³/mol. The number of hydrogen-bond donors (Lipinski definition) is 2. The minimum atomic E-state index is -0.986. The predicted octanol–water partition coefficient (Wildman–Crippen LogP) is 3.71. The van der Waals surface area contributed by atoms with Crippen molar-refractivity contribution in [2.24, 2.45) is 23.7 Å². The summed E-state index contributed by atoms with van der Waals surface area (Å²) in [6, 6.07) is 0.464. The molecule has 2 heterocycles. The maximum absolute atomic E-state index is 13.0. The first kappa shape index (κ1) is 25.3. The number of cyclic esters (lactones) is 1. The average molecular weight is 463 g/mol. The number of nitrogens with zero attached hydrogens (tertiary/aromatic N) is 1. The van der Waals surface area contributed by atoms with Gasteiger partial charge in [0.05, 0.1) is 13.7 Å². The van der Waals surface area contributed by atoms with E-state index in [1.54, 1.807) is 0 Å². The SMILES string of the molecule is COc1ccnc(C(=O)N[C@H]2COC[C@H](CCC(C)C)[C@@H](C3CCCC3)[C@H](C)OC2=O)c1O. The second kappa shape index (κ2) is 11.7. The van der Waals surface area contributed by atoms with Gasteiger partial charge in [0.1, 0.15) is 6.10 Å². The van der Waals surface area contributed by atoms with Gasteiger partial charge in [0.25, 0.3) is 5.91 Å². The van der Waals surface area contributed by atoms with Gasteiger partial charge in [-0.15, -0.1) is 0 Å². The van der Waals surface area contributed by atoms with Crippen molar-refractivity contribution in [3.05, 3.63) is 18.0 Å². The first-order valence-corrected chi connectivity index (χ1v) is 12.1. The van der Waals surface area contributed by atoms with Crippen molar-refractivity contribution in [1.82, 2.24) is 10.3 Å². The van der Waals surface area contributed by atoms with Crippen molar-refractivity contribution in [1.29, 1.82) is 0 Å². The molecule has 1 aliphatic heterocycles. The first-order valence-electron chi connectivity index (χ1n) is 12.1. The molecular weight excluding hydrogens is 424 g/mol. The van der Waals surface area contributed by atoms with E-state index in [1.165, 1.54) is 32.2 Å². The van der Waals surface area contributed by atoms with E-state index in [4.69, 9.17) is 14.2 Å². The van der Waals surface area contributed by atoms with Crippen LogP contribution in [0, 0.1) is 23.7 Å². The average Bonchev–Trinajstić information content (AvgIpc) is 3.31. The summed E-state index contributed by atoms with van der Waals surface area (Å²) >= 11 is 0. The van der Waals surface area contributed by atoms with Crippen LogP contribution in [0.15, 0.2) is 12.3 Å². The molecule has 8 heteroatoms. The van der Waals surface area contributed by atoms with E-state index < -0.39 is 17.9 Å². The molecule has 1 aromatic rings. The van der Waals surface area contributed by atoms with Crippen LogP contribution in [0.4, 0.5) is 0 Å². The molecule has 2 aliphatic rings. The van der Waals surface area contributed by atoms with Crippen molar-refractivity contribution < 1.29 is 28.9 Å². The Hall–Kier alpha value is -2.35. The van der Waals surface area contributed by atoms with Gasteiger partial charge in [-0.1, -0.05) is 46.0 Å². The quantitative estimate of drug-likeness (QED) is 0.595. The summed E-state index contributed by atoms with van der Waals surface area (Å²) in [6.07, 6.45) is 7.97. The number of aromatic hydroxyl groups is 1. The highest BCUT2D eigenvalue weighted by atomic mass is 16.6. The number of methoxy groups -OCH3 is 1. The van der Waals surface area contributed by atoms with Crippen LogP contribution in [-0.4, -0.2) is 54.4 Å². The molecule has 1 saturated heterocycles. The van der Waals surface area contributed by atoms with Crippen LogP contribution >= 0.6 is 0 Å². The summed E-state index contributed by atoms with van der Waals surface area (Å²) in [7, 11) is 1.39. The molecule has 1 amide bonds. The van der Waals surface area contributed by atoms with Crippen LogP contribution in [-0.2, 0) is 14.3 Å². The molecule has 0 spiro atoms. The van der Waals surface area contributed by atoms with Gasteiger partial charge in [0.2, 0.25) is 0 Å². The van der Waals surface area contributed by atoms with Crippen molar-refractivity contribution in [2.75, 3.05) is 20.3 Å². The zero-order valence-corrected chi connectivity index (χ0v) is 20.2. The summed E-state index contributed by atoms with van der Waals surface area (Å²) in [4.78, 5) is 29.7. The number of ether oxygens (including phenoxy) is 3. The molecule has 1 aromatic heterocycles. The van der Waals surface area contributed by atoms with Gasteiger partial charge < -0.3 is 24.6 Å². The van der Waals surface area contributed by atoms with Gasteiger partial charge in [-0.3, -0.25) is 4.79 Å². The number of pyridine rings is 1. The van der Waals surface area contributed by atoms with E-state index in [0.29, 0.717) is 24.4 Å². The van der Waals surface area contributed by atoms with Crippen LogP contribution < -0.4 is 10.1 Å². The molecule has 8 nitrogen and oxygen atoms in total. The molecule has 0 unspecified atom stereocenters. The topological polar surface area (TPSA) is 107 Å². The minimum absolute atomic E-state index is 0.0115. The fourth-order valence-electron chi connectivity index (χ4n) is 5.27. The highest BCUT2D eigenvalue weighted by Gasteiger charge is 2.39. The highest BCUT2D eigenvalue weighted by molar-refractivity contribution is 5.98. The number of esters is 1. The Morgan fingerprint density at radius 3 is 2.70 bits per heavy atom. The molecular formula is C25H38N2O6. The molecule has 0 radical (unpaired) electrons. The van der Waals surface area contributed by atoms with E-state index in [9.17, 15) is 14.7 Å². The molecule has 0 bridgehead atoms. The molecule has 1 saturated carbocycles. The number of carbonyl (C=O) groups is 2. The summed E-state index contributed by atoms with van der Waals surface area (Å²) in [5.41, 5.74) is -0.214. The van der Waals surface area contributed by atoms with Crippen molar-refractivity contribution in [3.63, 3.8) is 0 Å². The van der Waals surface area contributed by atoms with Gasteiger partial charge in [-0.2, -0.15) is 0 Å². The van der Waals surface area contributed by atoms with Crippen LogP contribution in [0.5, 0.6) is 11.5 Å².